The van der Waals surface area contributed by atoms with E-state index in [-0.39, 0.29) is 31.1 Å². The second-order valence-corrected chi connectivity index (χ2v) is 19.2. The molecule has 0 spiro atoms. The molecule has 0 aromatic heterocycles. The topological polar surface area (TPSA) is 78.9 Å². The number of carbonyl (C=O) groups excluding carboxylic acids is 3. The molecule has 0 amide bonds. The van der Waals surface area contributed by atoms with Gasteiger partial charge >= 0.3 is 17.9 Å². The predicted molar refractivity (Wildman–Crippen MR) is 288 cm³/mol. The third-order valence-electron chi connectivity index (χ3n) is 12.5. The molecule has 0 aromatic rings. The first-order chi connectivity index (χ1) is 33.0. The van der Waals surface area contributed by atoms with Crippen molar-refractivity contribution in [2.45, 2.75) is 297 Å². The van der Waals surface area contributed by atoms with Gasteiger partial charge in [-0.3, -0.25) is 14.4 Å². The molecule has 0 aliphatic carbocycles. The van der Waals surface area contributed by atoms with Crippen LogP contribution in [0.1, 0.15) is 290 Å². The molecule has 0 N–H and O–H groups in total. The summed E-state index contributed by atoms with van der Waals surface area (Å²) >= 11 is 0. The number of carbonyl (C=O) groups is 3. The van der Waals surface area contributed by atoms with E-state index in [1.54, 1.807) is 0 Å². The van der Waals surface area contributed by atoms with E-state index in [0.717, 1.165) is 96.3 Å². The van der Waals surface area contributed by atoms with Gasteiger partial charge in [0, 0.05) is 19.3 Å². The number of rotatable bonds is 52. The Balaban J connectivity index is 4.24. The van der Waals surface area contributed by atoms with Crippen molar-refractivity contribution in [3.63, 3.8) is 0 Å². The summed E-state index contributed by atoms with van der Waals surface area (Å²) in [6.07, 6.45) is 69.3. The molecular weight excluding hydrogens is 829 g/mol. The molecule has 0 aliphatic rings. The first-order valence-corrected chi connectivity index (χ1v) is 28.8. The van der Waals surface area contributed by atoms with Gasteiger partial charge in [-0.05, 0) is 64.2 Å². The zero-order chi connectivity index (χ0) is 48.6. The highest BCUT2D eigenvalue weighted by Gasteiger charge is 2.19. The monoisotopic (exact) mass is 937 g/mol. The molecule has 0 saturated carbocycles. The van der Waals surface area contributed by atoms with E-state index >= 15 is 0 Å². The summed E-state index contributed by atoms with van der Waals surface area (Å²) in [5.74, 6) is -0.866. The van der Waals surface area contributed by atoms with Crippen LogP contribution in [0.5, 0.6) is 0 Å². The first kappa shape index (κ1) is 64.1. The maximum absolute atomic E-state index is 12.8. The highest BCUT2D eigenvalue weighted by Crippen LogP contribution is 2.16. The predicted octanol–water partition coefficient (Wildman–Crippen LogP) is 19.2. The molecule has 0 saturated heterocycles. The summed E-state index contributed by atoms with van der Waals surface area (Å²) in [6, 6.07) is 0. The Morgan fingerprint density at radius 2 is 0.582 bits per heavy atom. The molecule has 388 valence electrons. The zero-order valence-electron chi connectivity index (χ0n) is 44.4. The molecule has 1 atom stereocenters. The van der Waals surface area contributed by atoms with Crippen LogP contribution in [0.25, 0.3) is 0 Å². The smallest absolute Gasteiger partial charge is 0.306 e. The summed E-state index contributed by atoms with van der Waals surface area (Å²) in [7, 11) is 0. The van der Waals surface area contributed by atoms with E-state index in [9.17, 15) is 14.4 Å². The Bertz CT molecular complexity index is 1210. The van der Waals surface area contributed by atoms with E-state index in [0.29, 0.717) is 19.3 Å². The maximum atomic E-state index is 12.8. The van der Waals surface area contributed by atoms with Gasteiger partial charge in [-0.1, -0.05) is 268 Å². The van der Waals surface area contributed by atoms with E-state index in [4.69, 9.17) is 14.2 Å². The molecule has 6 nitrogen and oxygen atoms in total. The molecule has 6 heteroatoms. The van der Waals surface area contributed by atoms with E-state index in [1.807, 2.05) is 0 Å². The lowest BCUT2D eigenvalue weighted by molar-refractivity contribution is -0.167. The molecule has 0 fully saturated rings. The van der Waals surface area contributed by atoms with Crippen molar-refractivity contribution >= 4 is 17.9 Å². The van der Waals surface area contributed by atoms with Crippen molar-refractivity contribution in [1.29, 1.82) is 0 Å². The molecular formula is C61H108O6. The van der Waals surface area contributed by atoms with Crippen LogP contribution in [0.3, 0.4) is 0 Å². The van der Waals surface area contributed by atoms with Crippen LogP contribution in [0.15, 0.2) is 60.8 Å². The lowest BCUT2D eigenvalue weighted by Crippen LogP contribution is -2.30. The average molecular weight is 938 g/mol. The first-order valence-electron chi connectivity index (χ1n) is 28.8. The van der Waals surface area contributed by atoms with Crippen molar-refractivity contribution in [3.8, 4) is 0 Å². The fourth-order valence-corrected chi connectivity index (χ4v) is 8.24. The van der Waals surface area contributed by atoms with Gasteiger partial charge in [-0.25, -0.2) is 0 Å². The minimum atomic E-state index is -0.771. The minimum Gasteiger partial charge on any atom is -0.462 e. The highest BCUT2D eigenvalue weighted by atomic mass is 16.6. The van der Waals surface area contributed by atoms with Crippen molar-refractivity contribution in [1.82, 2.24) is 0 Å². The van der Waals surface area contributed by atoms with Crippen LogP contribution in [0, 0.1) is 0 Å². The molecule has 0 rings (SSSR count). The second-order valence-electron chi connectivity index (χ2n) is 19.2. The summed E-state index contributed by atoms with van der Waals surface area (Å²) in [5.41, 5.74) is 0. The number of unbranched alkanes of at least 4 members (excludes halogenated alkanes) is 31. The van der Waals surface area contributed by atoms with Gasteiger partial charge in [0.25, 0.3) is 0 Å². The maximum Gasteiger partial charge on any atom is 0.306 e. The van der Waals surface area contributed by atoms with Gasteiger partial charge in [-0.2, -0.15) is 0 Å². The van der Waals surface area contributed by atoms with Crippen LogP contribution in [0.2, 0.25) is 0 Å². The SMILES string of the molecule is CC/C=C\C/C=C\C/C=C\C/C=C\C/C=C\CCCCCCCCCCCC(=O)OCC(COC(=O)CCCCCCCCCCCCC)OC(=O)CCCCCCCCCCCCCCC. The van der Waals surface area contributed by atoms with Crippen molar-refractivity contribution in [2.75, 3.05) is 13.2 Å². The number of allylic oxidation sites excluding steroid dienone is 10. The van der Waals surface area contributed by atoms with Crippen LogP contribution in [-0.4, -0.2) is 37.2 Å². The Kier molecular flexibility index (Phi) is 53.3. The molecule has 0 bridgehead atoms. The van der Waals surface area contributed by atoms with Crippen molar-refractivity contribution in [2.24, 2.45) is 0 Å². The van der Waals surface area contributed by atoms with Gasteiger partial charge in [-0.15, -0.1) is 0 Å². The third-order valence-corrected chi connectivity index (χ3v) is 12.5. The standard InChI is InChI=1S/C61H108O6/c1-4-7-10-13-16-19-22-24-25-26-27-28-29-30-31-32-33-34-35-37-39-42-45-48-51-54-60(63)66-57-58(56-65-59(62)53-50-47-44-41-38-21-18-15-12-9-6-3)67-61(64)55-52-49-46-43-40-36-23-20-17-14-11-8-5-2/h7,10,16,19,24-25,27-28,30-31,58H,4-6,8-9,11-15,17-18,20-23,26,29,32-57H2,1-3H3/b10-7-,19-16-,25-24-,28-27-,31-30-. The normalized spacial score (nSPS) is 12.5. The average Bonchev–Trinajstić information content (AvgIpc) is 3.33. The van der Waals surface area contributed by atoms with Crippen molar-refractivity contribution in [3.05, 3.63) is 60.8 Å². The van der Waals surface area contributed by atoms with Crippen LogP contribution in [0.4, 0.5) is 0 Å². The Labute approximate surface area is 415 Å². The summed E-state index contributed by atoms with van der Waals surface area (Å²) in [5, 5.41) is 0. The summed E-state index contributed by atoms with van der Waals surface area (Å²) in [4.78, 5) is 38.1. The lowest BCUT2D eigenvalue weighted by Gasteiger charge is -2.18. The van der Waals surface area contributed by atoms with Gasteiger partial charge in [0.05, 0.1) is 0 Å². The second kappa shape index (κ2) is 55.7. The largest absolute Gasteiger partial charge is 0.462 e. The van der Waals surface area contributed by atoms with E-state index in [2.05, 4.69) is 81.5 Å². The number of ether oxygens (including phenoxy) is 3. The Morgan fingerprint density at radius 1 is 0.313 bits per heavy atom. The number of esters is 3. The fraction of sp³-hybridized carbons (Fsp3) is 0.787. The third kappa shape index (κ3) is 53.9. The number of hydrogen-bond acceptors (Lipinski definition) is 6. The van der Waals surface area contributed by atoms with E-state index in [1.165, 1.54) is 154 Å². The van der Waals surface area contributed by atoms with Gasteiger partial charge in [0.15, 0.2) is 6.10 Å². The summed E-state index contributed by atoms with van der Waals surface area (Å²) in [6.45, 7) is 6.54. The van der Waals surface area contributed by atoms with E-state index < -0.39 is 6.10 Å². The van der Waals surface area contributed by atoms with Crippen LogP contribution >= 0.6 is 0 Å². The zero-order valence-corrected chi connectivity index (χ0v) is 44.4. The van der Waals surface area contributed by atoms with Gasteiger partial charge in [0.1, 0.15) is 13.2 Å². The fourth-order valence-electron chi connectivity index (χ4n) is 8.24. The number of hydrogen-bond donors (Lipinski definition) is 0. The molecule has 1 unspecified atom stereocenters. The molecule has 0 radical (unpaired) electrons. The van der Waals surface area contributed by atoms with Gasteiger partial charge < -0.3 is 14.2 Å². The molecule has 0 heterocycles. The minimum absolute atomic E-state index is 0.0716. The Hall–Kier alpha value is -2.89. The highest BCUT2D eigenvalue weighted by molar-refractivity contribution is 5.71. The van der Waals surface area contributed by atoms with Crippen molar-refractivity contribution < 1.29 is 28.6 Å². The van der Waals surface area contributed by atoms with Crippen LogP contribution < -0.4 is 0 Å². The van der Waals surface area contributed by atoms with Gasteiger partial charge in [0.2, 0.25) is 0 Å². The molecule has 67 heavy (non-hydrogen) atoms. The molecule has 0 aliphatic heterocycles. The Morgan fingerprint density at radius 3 is 0.910 bits per heavy atom. The van der Waals surface area contributed by atoms with Crippen LogP contribution in [-0.2, 0) is 28.6 Å². The quantitative estimate of drug-likeness (QED) is 0.0262. The summed E-state index contributed by atoms with van der Waals surface area (Å²) < 4.78 is 16.8. The lowest BCUT2D eigenvalue weighted by atomic mass is 10.0. The molecule has 0 aromatic carbocycles.